The van der Waals surface area contributed by atoms with Crippen molar-refractivity contribution >= 4 is 12.3 Å². The summed E-state index contributed by atoms with van der Waals surface area (Å²) in [6.45, 7) is 3.77. The molecule has 1 rings (SSSR count). The van der Waals surface area contributed by atoms with Gasteiger partial charge in [0.1, 0.15) is 0 Å². The number of methoxy groups -OCH3 is 1. The number of hydrogen-bond acceptors (Lipinski definition) is 3. The Kier molecular flexibility index (Phi) is 3.66. The number of esters is 1. The number of H-pyrrole nitrogens is 1. The van der Waals surface area contributed by atoms with Crippen LogP contribution in [0.1, 0.15) is 33.7 Å². The maximum atomic E-state index is 11.0. The Morgan fingerprint density at radius 1 is 1.47 bits per heavy atom. The average molecular weight is 209 g/mol. The summed E-state index contributed by atoms with van der Waals surface area (Å²) in [5, 5.41) is 0. The zero-order chi connectivity index (χ0) is 11.4. The first kappa shape index (κ1) is 11.5. The zero-order valence-electron chi connectivity index (χ0n) is 9.22. The molecule has 0 aliphatic heterocycles. The fraction of sp³-hybridized carbons (Fsp3) is 0.455. The fourth-order valence-corrected chi connectivity index (χ4v) is 1.64. The number of aryl methyl sites for hydroxylation is 1. The predicted molar refractivity (Wildman–Crippen MR) is 56.0 cm³/mol. The van der Waals surface area contributed by atoms with Crippen molar-refractivity contribution in [3.05, 3.63) is 22.5 Å². The molecule has 0 saturated heterocycles. The second-order valence-electron chi connectivity index (χ2n) is 3.46. The van der Waals surface area contributed by atoms with Crippen LogP contribution in [0.4, 0.5) is 0 Å². The summed E-state index contributed by atoms with van der Waals surface area (Å²) in [5.41, 5.74) is 3.49. The summed E-state index contributed by atoms with van der Waals surface area (Å²) in [6.07, 6.45) is 1.74. The van der Waals surface area contributed by atoms with Gasteiger partial charge >= 0.3 is 5.97 Å². The lowest BCUT2D eigenvalue weighted by molar-refractivity contribution is -0.140. The van der Waals surface area contributed by atoms with Gasteiger partial charge in [-0.3, -0.25) is 9.59 Å². The summed E-state index contributed by atoms with van der Waals surface area (Å²) in [7, 11) is 1.37. The van der Waals surface area contributed by atoms with Gasteiger partial charge in [-0.15, -0.1) is 0 Å². The van der Waals surface area contributed by atoms with Crippen molar-refractivity contribution < 1.29 is 14.3 Å². The molecule has 0 atom stereocenters. The van der Waals surface area contributed by atoms with E-state index in [-0.39, 0.29) is 5.97 Å². The number of rotatable bonds is 4. The first-order chi connectivity index (χ1) is 7.10. The topological polar surface area (TPSA) is 59.2 Å². The van der Waals surface area contributed by atoms with E-state index >= 15 is 0 Å². The molecule has 0 spiro atoms. The van der Waals surface area contributed by atoms with Crippen molar-refractivity contribution in [2.75, 3.05) is 7.11 Å². The predicted octanol–water partition coefficient (Wildman–Crippen LogP) is 1.55. The number of carbonyl (C=O) groups excluding carboxylic acids is 2. The highest BCUT2D eigenvalue weighted by molar-refractivity contribution is 5.76. The molecule has 82 valence electrons. The Morgan fingerprint density at radius 2 is 2.13 bits per heavy atom. The summed E-state index contributed by atoms with van der Waals surface area (Å²) in [4.78, 5) is 24.6. The minimum Gasteiger partial charge on any atom is -0.469 e. The minimum absolute atomic E-state index is 0.234. The molecule has 0 saturated carbocycles. The van der Waals surface area contributed by atoms with Gasteiger partial charge in [0, 0.05) is 12.1 Å². The summed E-state index contributed by atoms with van der Waals surface area (Å²) in [5.74, 6) is -0.234. The van der Waals surface area contributed by atoms with Crippen LogP contribution >= 0.6 is 0 Å². The minimum atomic E-state index is -0.234. The largest absolute Gasteiger partial charge is 0.469 e. The van der Waals surface area contributed by atoms with Crippen LogP contribution in [0.3, 0.4) is 0 Å². The lowest BCUT2D eigenvalue weighted by Crippen LogP contribution is -2.02. The quantitative estimate of drug-likeness (QED) is 0.604. The van der Waals surface area contributed by atoms with Crippen molar-refractivity contribution in [2.45, 2.75) is 26.7 Å². The smallest absolute Gasteiger partial charge is 0.305 e. The monoisotopic (exact) mass is 209 g/mol. The molecule has 4 nitrogen and oxygen atoms in total. The first-order valence-corrected chi connectivity index (χ1v) is 4.80. The number of ether oxygens (including phenoxy) is 1. The number of hydrogen-bond donors (Lipinski definition) is 1. The van der Waals surface area contributed by atoms with Crippen molar-refractivity contribution in [1.29, 1.82) is 0 Å². The molecule has 15 heavy (non-hydrogen) atoms. The Morgan fingerprint density at radius 3 is 2.60 bits per heavy atom. The molecule has 4 heteroatoms. The van der Waals surface area contributed by atoms with Crippen molar-refractivity contribution in [3.63, 3.8) is 0 Å². The van der Waals surface area contributed by atoms with Gasteiger partial charge in [0.05, 0.1) is 12.8 Å². The fourth-order valence-electron chi connectivity index (χ4n) is 1.64. The Balaban J connectivity index is 2.80. The maximum absolute atomic E-state index is 11.0. The van der Waals surface area contributed by atoms with Gasteiger partial charge in [0.25, 0.3) is 0 Å². The zero-order valence-corrected chi connectivity index (χ0v) is 9.22. The normalized spacial score (nSPS) is 10.1. The van der Waals surface area contributed by atoms with Gasteiger partial charge in [0.15, 0.2) is 6.29 Å². The van der Waals surface area contributed by atoms with Crippen LogP contribution in [0.2, 0.25) is 0 Å². The summed E-state index contributed by atoms with van der Waals surface area (Å²) in [6, 6.07) is 0. The van der Waals surface area contributed by atoms with E-state index in [9.17, 15) is 9.59 Å². The second kappa shape index (κ2) is 4.77. The van der Waals surface area contributed by atoms with Gasteiger partial charge in [-0.1, -0.05) is 0 Å². The number of aldehydes is 1. The number of carbonyl (C=O) groups is 2. The average Bonchev–Trinajstić information content (AvgIpc) is 2.51. The molecule has 0 amide bonds. The molecule has 1 aromatic heterocycles. The molecule has 0 radical (unpaired) electrons. The third kappa shape index (κ3) is 2.46. The van der Waals surface area contributed by atoms with E-state index in [1.165, 1.54) is 7.11 Å². The molecule has 1 N–H and O–H groups in total. The Labute approximate surface area is 88.6 Å². The van der Waals surface area contributed by atoms with Crippen LogP contribution in [0.5, 0.6) is 0 Å². The Hall–Kier alpha value is -1.58. The third-order valence-electron chi connectivity index (χ3n) is 2.56. The van der Waals surface area contributed by atoms with E-state index in [0.717, 1.165) is 23.1 Å². The second-order valence-corrected chi connectivity index (χ2v) is 3.46. The van der Waals surface area contributed by atoms with E-state index in [0.29, 0.717) is 18.5 Å². The van der Waals surface area contributed by atoms with Crippen LogP contribution in [0, 0.1) is 13.8 Å². The van der Waals surface area contributed by atoms with Gasteiger partial charge in [0.2, 0.25) is 0 Å². The van der Waals surface area contributed by atoms with Crippen molar-refractivity contribution in [2.24, 2.45) is 0 Å². The van der Waals surface area contributed by atoms with Crippen LogP contribution in [-0.4, -0.2) is 24.3 Å². The van der Waals surface area contributed by atoms with Crippen LogP contribution in [0.25, 0.3) is 0 Å². The van der Waals surface area contributed by atoms with Crippen molar-refractivity contribution in [3.8, 4) is 0 Å². The van der Waals surface area contributed by atoms with Gasteiger partial charge in [-0.05, 0) is 31.4 Å². The van der Waals surface area contributed by atoms with Crippen molar-refractivity contribution in [1.82, 2.24) is 4.98 Å². The number of aromatic amines is 1. The van der Waals surface area contributed by atoms with Crippen LogP contribution in [0.15, 0.2) is 0 Å². The SMILES string of the molecule is COC(=O)CCc1c(C)[nH]c(C=O)c1C. The summed E-state index contributed by atoms with van der Waals surface area (Å²) < 4.78 is 4.57. The highest BCUT2D eigenvalue weighted by Crippen LogP contribution is 2.18. The van der Waals surface area contributed by atoms with Gasteiger partial charge < -0.3 is 9.72 Å². The molecule has 0 aliphatic rings. The lowest BCUT2D eigenvalue weighted by atomic mass is 10.1. The highest BCUT2D eigenvalue weighted by atomic mass is 16.5. The van der Waals surface area contributed by atoms with E-state index in [2.05, 4.69) is 9.72 Å². The molecule has 1 aromatic rings. The van der Waals surface area contributed by atoms with E-state index in [1.54, 1.807) is 0 Å². The molecule has 0 unspecified atom stereocenters. The van der Waals surface area contributed by atoms with Crippen LogP contribution < -0.4 is 0 Å². The number of nitrogens with one attached hydrogen (secondary N) is 1. The molecule has 1 heterocycles. The summed E-state index contributed by atoms with van der Waals surface area (Å²) >= 11 is 0. The Bertz CT molecular complexity index is 379. The molecule has 0 fully saturated rings. The maximum Gasteiger partial charge on any atom is 0.305 e. The number of aromatic nitrogens is 1. The molecular weight excluding hydrogens is 194 g/mol. The molecule has 0 aliphatic carbocycles. The third-order valence-corrected chi connectivity index (χ3v) is 2.56. The van der Waals surface area contributed by atoms with Gasteiger partial charge in [-0.25, -0.2) is 0 Å². The first-order valence-electron chi connectivity index (χ1n) is 4.80. The molecular formula is C11H15NO3. The van der Waals surface area contributed by atoms with Crippen LogP contribution in [-0.2, 0) is 16.0 Å². The standard InChI is InChI=1S/C11H15NO3/c1-7-9(4-5-11(14)15-3)8(2)12-10(7)6-13/h6,12H,4-5H2,1-3H3. The molecule has 0 aromatic carbocycles. The van der Waals surface area contributed by atoms with E-state index < -0.39 is 0 Å². The van der Waals surface area contributed by atoms with Gasteiger partial charge in [-0.2, -0.15) is 0 Å². The molecule has 0 bridgehead atoms. The van der Waals surface area contributed by atoms with E-state index in [4.69, 9.17) is 0 Å². The van der Waals surface area contributed by atoms with E-state index in [1.807, 2.05) is 13.8 Å². The highest BCUT2D eigenvalue weighted by Gasteiger charge is 2.12. The lowest BCUT2D eigenvalue weighted by Gasteiger charge is -2.01.